The smallest absolute Gasteiger partial charge is 0.301 e. The second-order valence-corrected chi connectivity index (χ2v) is 7.94. The van der Waals surface area contributed by atoms with Crippen molar-refractivity contribution in [1.82, 2.24) is 5.16 Å². The Hall–Kier alpha value is -4.46. The number of aromatic nitrogens is 1. The van der Waals surface area contributed by atoms with Gasteiger partial charge in [-0.05, 0) is 53.6 Å². The number of anilines is 1. The highest BCUT2D eigenvalue weighted by Crippen LogP contribution is 2.42. The van der Waals surface area contributed by atoms with Gasteiger partial charge >= 0.3 is 5.91 Å². The van der Waals surface area contributed by atoms with Crippen LogP contribution in [0.3, 0.4) is 0 Å². The minimum atomic E-state index is -1.02. The first kappa shape index (κ1) is 21.4. The van der Waals surface area contributed by atoms with Crippen LogP contribution < -0.4 is 9.64 Å². The molecule has 0 spiro atoms. The largest absolute Gasteiger partial charge is 0.507 e. The molecule has 7 nitrogen and oxygen atoms in total. The van der Waals surface area contributed by atoms with Gasteiger partial charge in [-0.1, -0.05) is 35.5 Å². The Labute approximate surface area is 193 Å². The maximum atomic E-state index is 13.6. The number of hydrogen-bond acceptors (Lipinski definition) is 6. The van der Waals surface area contributed by atoms with Crippen LogP contribution in [-0.2, 0) is 9.59 Å². The van der Waals surface area contributed by atoms with Crippen molar-refractivity contribution in [3.05, 3.63) is 95.0 Å². The second-order valence-electron chi connectivity index (χ2n) is 7.94. The van der Waals surface area contributed by atoms with Gasteiger partial charge in [-0.3, -0.25) is 14.5 Å². The standard InChI is InChI=1S/C26H19FN2O5/c1-14-11-21(28-34-14)29-23(15-5-8-19(27)9-6-15)22(25(31)26(29)32)24(30)18-4-3-17-13-20(33-2)10-7-16(17)12-18/h3-13,23,30H,1-2H3/b24-22+. The zero-order valence-corrected chi connectivity index (χ0v) is 18.3. The fraction of sp³-hybridized carbons (Fsp3) is 0.115. The molecule has 0 saturated carbocycles. The first-order valence-electron chi connectivity index (χ1n) is 10.5. The van der Waals surface area contributed by atoms with Crippen molar-refractivity contribution in [2.75, 3.05) is 12.0 Å². The Kier molecular flexibility index (Phi) is 5.13. The molecular weight excluding hydrogens is 439 g/mol. The van der Waals surface area contributed by atoms with Crippen LogP contribution in [0.1, 0.15) is 22.9 Å². The molecular formula is C26H19FN2O5. The van der Waals surface area contributed by atoms with E-state index in [1.54, 1.807) is 38.3 Å². The quantitative estimate of drug-likeness (QED) is 0.265. The summed E-state index contributed by atoms with van der Waals surface area (Å²) in [5.74, 6) is -1.29. The van der Waals surface area contributed by atoms with Crippen LogP contribution in [0, 0.1) is 12.7 Å². The molecule has 1 fully saturated rings. The first-order valence-corrected chi connectivity index (χ1v) is 10.5. The number of Topliss-reactive ketones (excluding diaryl/α,β-unsaturated/α-hetero) is 1. The highest BCUT2D eigenvalue weighted by Gasteiger charge is 2.48. The minimum absolute atomic E-state index is 0.120. The molecule has 1 aliphatic rings. The summed E-state index contributed by atoms with van der Waals surface area (Å²) in [6, 6.07) is 16.5. The van der Waals surface area contributed by atoms with Gasteiger partial charge in [0.1, 0.15) is 23.1 Å². The van der Waals surface area contributed by atoms with E-state index >= 15 is 0 Å². The van der Waals surface area contributed by atoms with Gasteiger partial charge in [0, 0.05) is 11.6 Å². The number of hydrogen-bond donors (Lipinski definition) is 1. The van der Waals surface area contributed by atoms with E-state index in [1.807, 2.05) is 12.1 Å². The Morgan fingerprint density at radius 1 is 1.03 bits per heavy atom. The number of aliphatic hydroxyl groups excluding tert-OH is 1. The number of benzene rings is 3. The third kappa shape index (κ3) is 3.49. The van der Waals surface area contributed by atoms with Gasteiger partial charge < -0.3 is 14.4 Å². The number of ether oxygens (including phenoxy) is 1. The Bertz CT molecular complexity index is 1470. The van der Waals surface area contributed by atoms with Crippen molar-refractivity contribution >= 4 is 34.0 Å². The zero-order valence-electron chi connectivity index (χ0n) is 18.3. The van der Waals surface area contributed by atoms with Crippen molar-refractivity contribution in [2.24, 2.45) is 0 Å². The number of nitrogens with zero attached hydrogens (tertiary/aromatic N) is 2. The number of ketones is 1. The van der Waals surface area contributed by atoms with Gasteiger partial charge in [0.05, 0.1) is 18.7 Å². The van der Waals surface area contributed by atoms with Crippen molar-refractivity contribution in [2.45, 2.75) is 13.0 Å². The highest BCUT2D eigenvalue weighted by molar-refractivity contribution is 6.51. The number of aryl methyl sites for hydroxylation is 1. The molecule has 1 aromatic heterocycles. The lowest BCUT2D eigenvalue weighted by Crippen LogP contribution is -2.29. The molecule has 1 atom stereocenters. The first-order chi connectivity index (χ1) is 16.4. The Balaban J connectivity index is 1.69. The summed E-state index contributed by atoms with van der Waals surface area (Å²) in [5.41, 5.74) is 0.678. The summed E-state index contributed by atoms with van der Waals surface area (Å²) < 4.78 is 24.0. The van der Waals surface area contributed by atoms with Crippen LogP contribution >= 0.6 is 0 Å². The summed E-state index contributed by atoms with van der Waals surface area (Å²) >= 11 is 0. The number of carbonyl (C=O) groups excluding carboxylic acids is 2. The molecule has 1 amide bonds. The molecule has 34 heavy (non-hydrogen) atoms. The molecule has 0 bridgehead atoms. The fourth-order valence-corrected chi connectivity index (χ4v) is 4.15. The molecule has 2 heterocycles. The van der Waals surface area contributed by atoms with Gasteiger partial charge in [-0.2, -0.15) is 0 Å². The number of carbonyl (C=O) groups is 2. The number of rotatable bonds is 4. The molecule has 0 radical (unpaired) electrons. The van der Waals surface area contributed by atoms with Crippen LogP contribution in [0.15, 0.2) is 76.8 Å². The van der Waals surface area contributed by atoms with Crippen LogP contribution in [0.4, 0.5) is 10.2 Å². The average Bonchev–Trinajstić information content (AvgIpc) is 3.38. The number of amides is 1. The van der Waals surface area contributed by atoms with Crippen LogP contribution in [0.25, 0.3) is 16.5 Å². The third-order valence-corrected chi connectivity index (χ3v) is 5.81. The van der Waals surface area contributed by atoms with Gasteiger partial charge in [0.25, 0.3) is 5.78 Å². The SMILES string of the molecule is COc1ccc2cc(/C(O)=C3\C(=O)C(=O)N(c4cc(C)on4)C3c3ccc(F)cc3)ccc2c1. The molecule has 3 aromatic carbocycles. The molecule has 4 aromatic rings. The number of aliphatic hydroxyl groups is 1. The molecule has 0 aliphatic carbocycles. The van der Waals surface area contributed by atoms with E-state index in [2.05, 4.69) is 5.16 Å². The lowest BCUT2D eigenvalue weighted by molar-refractivity contribution is -0.132. The molecule has 1 unspecified atom stereocenters. The second kappa shape index (κ2) is 8.15. The van der Waals surface area contributed by atoms with Crippen molar-refractivity contribution in [3.8, 4) is 5.75 Å². The third-order valence-electron chi connectivity index (χ3n) is 5.81. The van der Waals surface area contributed by atoms with Gasteiger partial charge in [0.2, 0.25) is 0 Å². The summed E-state index contributed by atoms with van der Waals surface area (Å²) in [5, 5.41) is 16.8. The lowest BCUT2D eigenvalue weighted by Gasteiger charge is -2.22. The van der Waals surface area contributed by atoms with Gasteiger partial charge in [-0.25, -0.2) is 4.39 Å². The number of halogens is 1. The highest BCUT2D eigenvalue weighted by atomic mass is 19.1. The van der Waals surface area contributed by atoms with E-state index in [9.17, 15) is 19.1 Å². The maximum Gasteiger partial charge on any atom is 0.301 e. The van der Waals surface area contributed by atoms with E-state index in [1.165, 1.54) is 30.3 Å². The average molecular weight is 458 g/mol. The van der Waals surface area contributed by atoms with E-state index in [-0.39, 0.29) is 17.2 Å². The minimum Gasteiger partial charge on any atom is -0.507 e. The Morgan fingerprint density at radius 3 is 2.41 bits per heavy atom. The van der Waals surface area contributed by atoms with Crippen molar-refractivity contribution < 1.29 is 28.3 Å². The van der Waals surface area contributed by atoms with E-state index in [0.717, 1.165) is 15.7 Å². The normalized spacial score (nSPS) is 17.5. The topological polar surface area (TPSA) is 92.9 Å². The van der Waals surface area contributed by atoms with E-state index < -0.39 is 23.5 Å². The van der Waals surface area contributed by atoms with Crippen LogP contribution in [0.2, 0.25) is 0 Å². The van der Waals surface area contributed by atoms with Crippen LogP contribution in [-0.4, -0.2) is 29.1 Å². The predicted octanol–water partition coefficient (Wildman–Crippen LogP) is 4.91. The molecule has 1 N–H and O–H groups in total. The van der Waals surface area contributed by atoms with E-state index in [0.29, 0.717) is 22.6 Å². The molecule has 170 valence electrons. The monoisotopic (exact) mass is 458 g/mol. The molecule has 1 aliphatic heterocycles. The molecule has 1 saturated heterocycles. The van der Waals surface area contributed by atoms with Gasteiger partial charge in [0.15, 0.2) is 5.82 Å². The predicted molar refractivity (Wildman–Crippen MR) is 123 cm³/mol. The Morgan fingerprint density at radius 2 is 1.74 bits per heavy atom. The summed E-state index contributed by atoms with van der Waals surface area (Å²) in [6.07, 6.45) is 0. The van der Waals surface area contributed by atoms with Crippen molar-refractivity contribution in [1.29, 1.82) is 0 Å². The number of methoxy groups -OCH3 is 1. The summed E-state index contributed by atoms with van der Waals surface area (Å²) in [6.45, 7) is 1.66. The summed E-state index contributed by atoms with van der Waals surface area (Å²) in [4.78, 5) is 27.4. The summed E-state index contributed by atoms with van der Waals surface area (Å²) in [7, 11) is 1.58. The number of fused-ring (bicyclic) bond motifs is 1. The van der Waals surface area contributed by atoms with Crippen LogP contribution in [0.5, 0.6) is 5.75 Å². The van der Waals surface area contributed by atoms with E-state index in [4.69, 9.17) is 9.26 Å². The van der Waals surface area contributed by atoms with Gasteiger partial charge in [-0.15, -0.1) is 0 Å². The maximum absolute atomic E-state index is 13.6. The lowest BCUT2D eigenvalue weighted by atomic mass is 9.94. The zero-order chi connectivity index (χ0) is 24.0. The fourth-order valence-electron chi connectivity index (χ4n) is 4.15. The van der Waals surface area contributed by atoms with Crippen molar-refractivity contribution in [3.63, 3.8) is 0 Å². The molecule has 8 heteroatoms. The molecule has 5 rings (SSSR count).